The Kier molecular flexibility index (Phi) is 2.37. The zero-order valence-electron chi connectivity index (χ0n) is 11.7. The van der Waals surface area contributed by atoms with Crippen LogP contribution in [-0.4, -0.2) is 42.7 Å². The van der Waals surface area contributed by atoms with Crippen LogP contribution in [0.4, 0.5) is 4.39 Å². The summed E-state index contributed by atoms with van der Waals surface area (Å²) in [6.45, 7) is 1.54. The van der Waals surface area contributed by atoms with E-state index in [1.165, 1.54) is 25.3 Å². The molecule has 2 fully saturated rings. The maximum atomic E-state index is 14.5. The van der Waals surface area contributed by atoms with E-state index in [-0.39, 0.29) is 12.8 Å². The highest BCUT2D eigenvalue weighted by atomic mass is 19.1. The number of ether oxygens (including phenoxy) is 1. The second kappa shape index (κ2) is 3.76. The van der Waals surface area contributed by atoms with E-state index in [0.717, 1.165) is 4.57 Å². The molecule has 22 heavy (non-hydrogen) atoms. The van der Waals surface area contributed by atoms with Crippen LogP contribution in [0.3, 0.4) is 0 Å². The maximum absolute atomic E-state index is 14.5. The summed E-state index contributed by atoms with van der Waals surface area (Å²) < 4.78 is 21.2. The number of hydrogen-bond acceptors (Lipinski definition) is 5. The second-order valence-electron chi connectivity index (χ2n) is 6.46. The number of hydrogen-bond donors (Lipinski definition) is 3. The summed E-state index contributed by atoms with van der Waals surface area (Å²) in [5.41, 5.74) is -6.30. The molecule has 0 unspecified atom stereocenters. The molecule has 5 atom stereocenters. The van der Waals surface area contributed by atoms with Crippen molar-refractivity contribution in [3.63, 3.8) is 0 Å². The van der Waals surface area contributed by atoms with Gasteiger partial charge in [-0.15, -0.1) is 0 Å². The Morgan fingerprint density at radius 2 is 2.14 bits per heavy atom. The fraction of sp³-hybridized carbons (Fsp3) is 0.571. The van der Waals surface area contributed by atoms with E-state index in [9.17, 15) is 24.2 Å². The molecular weight excluding hydrogens is 295 g/mol. The first-order valence-electron chi connectivity index (χ1n) is 7.00. The highest BCUT2D eigenvalue weighted by molar-refractivity contribution is 5.42. The van der Waals surface area contributed by atoms with Gasteiger partial charge in [0.05, 0.1) is 0 Å². The van der Waals surface area contributed by atoms with Crippen molar-refractivity contribution in [3.05, 3.63) is 44.8 Å². The molecule has 1 aromatic heterocycles. The lowest BCUT2D eigenvalue weighted by molar-refractivity contribution is -0.148. The molecule has 1 aliphatic heterocycles. The van der Waals surface area contributed by atoms with Crippen molar-refractivity contribution in [1.29, 1.82) is 0 Å². The number of aliphatic hydroxyl groups is 2. The quantitative estimate of drug-likeness (QED) is 0.594. The summed E-state index contributed by atoms with van der Waals surface area (Å²) in [4.78, 5) is 25.5. The van der Waals surface area contributed by atoms with Gasteiger partial charge in [-0.05, 0) is 19.1 Å². The van der Waals surface area contributed by atoms with E-state index in [2.05, 4.69) is 4.98 Å². The van der Waals surface area contributed by atoms with Gasteiger partial charge in [-0.1, -0.05) is 0 Å². The number of aromatic nitrogens is 2. The number of nitrogens with zero attached hydrogens (tertiary/aromatic N) is 1. The first kappa shape index (κ1) is 13.9. The number of halogens is 1. The lowest BCUT2D eigenvalue weighted by Gasteiger charge is -2.41. The molecule has 4 rings (SSSR count). The normalized spacial score (nSPS) is 45.5. The fourth-order valence-corrected chi connectivity index (χ4v) is 3.77. The van der Waals surface area contributed by atoms with E-state index in [1.54, 1.807) is 0 Å². The minimum Gasteiger partial charge on any atom is -0.387 e. The van der Waals surface area contributed by atoms with Gasteiger partial charge >= 0.3 is 5.69 Å². The molecule has 3 N–H and O–H groups in total. The molecule has 2 heterocycles. The maximum Gasteiger partial charge on any atom is 0.330 e. The summed E-state index contributed by atoms with van der Waals surface area (Å²) in [7, 11) is 0. The monoisotopic (exact) mass is 310 g/mol. The van der Waals surface area contributed by atoms with E-state index < -0.39 is 40.5 Å². The van der Waals surface area contributed by atoms with Crippen molar-refractivity contribution < 1.29 is 19.3 Å². The molecule has 2 aliphatic carbocycles. The Balaban J connectivity index is 1.73. The zero-order valence-corrected chi connectivity index (χ0v) is 11.7. The lowest BCUT2D eigenvalue weighted by atomic mass is 9.76. The van der Waals surface area contributed by atoms with Gasteiger partial charge < -0.3 is 14.9 Å². The summed E-state index contributed by atoms with van der Waals surface area (Å²) in [5, 5.41) is 21.0. The number of aromatic amines is 1. The third kappa shape index (κ3) is 1.44. The van der Waals surface area contributed by atoms with Crippen LogP contribution in [0.15, 0.2) is 27.9 Å². The summed E-state index contributed by atoms with van der Waals surface area (Å²) >= 11 is 0. The highest BCUT2D eigenvalue weighted by Crippen LogP contribution is 2.61. The topological polar surface area (TPSA) is 105 Å². The van der Waals surface area contributed by atoms with Crippen LogP contribution in [0.1, 0.15) is 24.6 Å². The van der Waals surface area contributed by atoms with Crippen LogP contribution in [0.5, 0.6) is 0 Å². The van der Waals surface area contributed by atoms with Gasteiger partial charge in [0.25, 0.3) is 5.56 Å². The Morgan fingerprint density at radius 3 is 2.77 bits per heavy atom. The van der Waals surface area contributed by atoms with Crippen LogP contribution in [-0.2, 0) is 4.74 Å². The Bertz CT molecular complexity index is 816. The van der Waals surface area contributed by atoms with Gasteiger partial charge in [0.1, 0.15) is 23.5 Å². The summed E-state index contributed by atoms with van der Waals surface area (Å²) in [6, 6.07) is 0. The molecule has 0 bridgehead atoms. The average Bonchev–Trinajstić information content (AvgIpc) is 2.82. The van der Waals surface area contributed by atoms with Gasteiger partial charge in [0, 0.05) is 24.6 Å². The first-order chi connectivity index (χ1) is 10.2. The van der Waals surface area contributed by atoms with Crippen LogP contribution in [0, 0.1) is 6.92 Å². The molecule has 0 amide bonds. The molecule has 1 saturated carbocycles. The van der Waals surface area contributed by atoms with Crippen molar-refractivity contribution >= 4 is 0 Å². The van der Waals surface area contributed by atoms with Crippen LogP contribution >= 0.6 is 0 Å². The molecule has 1 saturated heterocycles. The lowest BCUT2D eigenvalue weighted by Crippen LogP contribution is -2.57. The van der Waals surface area contributed by atoms with Gasteiger partial charge in [0.15, 0.2) is 5.67 Å². The molecule has 1 aromatic rings. The van der Waals surface area contributed by atoms with Crippen molar-refractivity contribution in [2.45, 2.75) is 49.0 Å². The molecule has 118 valence electrons. The molecule has 0 radical (unpaired) electrons. The minimum atomic E-state index is -2.00. The number of nitrogens with one attached hydrogen (secondary N) is 1. The summed E-state index contributed by atoms with van der Waals surface area (Å²) in [5.74, 6) is 0. The van der Waals surface area contributed by atoms with E-state index in [4.69, 9.17) is 4.74 Å². The molecule has 0 spiro atoms. The molecular formula is C14H15FN2O5. The number of alkyl halides is 1. The Hall–Kier alpha value is -1.77. The molecule has 8 heteroatoms. The predicted molar refractivity (Wildman–Crippen MR) is 72.1 cm³/mol. The van der Waals surface area contributed by atoms with Gasteiger partial charge in [0.2, 0.25) is 0 Å². The third-order valence-electron chi connectivity index (χ3n) is 5.00. The van der Waals surface area contributed by atoms with Crippen molar-refractivity contribution in [2.24, 2.45) is 0 Å². The molecule has 7 nitrogen and oxygen atoms in total. The fourth-order valence-electron chi connectivity index (χ4n) is 3.77. The predicted octanol–water partition coefficient (Wildman–Crippen LogP) is -0.723. The van der Waals surface area contributed by atoms with E-state index >= 15 is 0 Å². The van der Waals surface area contributed by atoms with Crippen LogP contribution in [0.2, 0.25) is 0 Å². The zero-order chi connectivity index (χ0) is 15.9. The van der Waals surface area contributed by atoms with E-state index in [0.29, 0.717) is 5.56 Å². The Labute approximate surface area is 123 Å². The number of aryl methyl sites for hydroxylation is 1. The SMILES string of the molecule is Cc1cn([C@H]2C[C@@]3(O)C[C@]4(F)C=C[C@]4(O)[C@H]3O2)c(=O)[nH]c1=O. The number of fused-ring (bicyclic) bond motifs is 3. The van der Waals surface area contributed by atoms with Crippen molar-refractivity contribution in [1.82, 2.24) is 9.55 Å². The minimum absolute atomic E-state index is 0.0429. The highest BCUT2D eigenvalue weighted by Gasteiger charge is 2.75. The summed E-state index contributed by atoms with van der Waals surface area (Å²) in [6.07, 6.45) is 1.47. The van der Waals surface area contributed by atoms with Crippen molar-refractivity contribution in [2.75, 3.05) is 0 Å². The average molecular weight is 310 g/mol. The van der Waals surface area contributed by atoms with Crippen molar-refractivity contribution in [3.8, 4) is 0 Å². The number of H-pyrrole nitrogens is 1. The van der Waals surface area contributed by atoms with E-state index in [1.807, 2.05) is 0 Å². The van der Waals surface area contributed by atoms with Gasteiger partial charge in [-0.2, -0.15) is 0 Å². The Morgan fingerprint density at radius 1 is 1.41 bits per heavy atom. The largest absolute Gasteiger partial charge is 0.387 e. The standard InChI is InChI=1S/C14H15FN2O5/c1-7-5-17(11(19)16-9(7)18)8-4-12(20)6-13(15)2-3-14(13,21)10(12)22-8/h2-3,5,8,10,20-21H,4,6H2,1H3,(H,16,18,19)/t8-,10+,12-,13-,14+/m1/s1. The first-order valence-corrected chi connectivity index (χ1v) is 7.00. The smallest absolute Gasteiger partial charge is 0.330 e. The van der Waals surface area contributed by atoms with Gasteiger partial charge in [-0.25, -0.2) is 9.18 Å². The van der Waals surface area contributed by atoms with Crippen LogP contribution < -0.4 is 11.2 Å². The third-order valence-corrected chi connectivity index (χ3v) is 5.00. The van der Waals surface area contributed by atoms with Crippen LogP contribution in [0.25, 0.3) is 0 Å². The van der Waals surface area contributed by atoms with Gasteiger partial charge in [-0.3, -0.25) is 14.3 Å². The molecule has 3 aliphatic rings. The number of rotatable bonds is 1. The second-order valence-corrected chi connectivity index (χ2v) is 6.46. The molecule has 0 aromatic carbocycles.